The van der Waals surface area contributed by atoms with Gasteiger partial charge in [-0.1, -0.05) is 18.2 Å². The van der Waals surface area contributed by atoms with Crippen LogP contribution in [0.1, 0.15) is 21.6 Å². The SMILES string of the molecule is N#Cc1ncccc1COc1cccc(C=O)c1. The molecular formula is C14H10N2O2. The highest BCUT2D eigenvalue weighted by molar-refractivity contribution is 5.75. The van der Waals surface area contributed by atoms with Crippen LogP contribution in [0.3, 0.4) is 0 Å². The first-order valence-electron chi connectivity index (χ1n) is 5.35. The number of aldehydes is 1. The van der Waals surface area contributed by atoms with Gasteiger partial charge in [0.05, 0.1) is 0 Å². The van der Waals surface area contributed by atoms with E-state index in [1.54, 1.807) is 42.6 Å². The Labute approximate surface area is 104 Å². The van der Waals surface area contributed by atoms with Gasteiger partial charge in [0.1, 0.15) is 30.4 Å². The molecule has 0 aliphatic rings. The second kappa shape index (κ2) is 5.60. The zero-order chi connectivity index (χ0) is 12.8. The van der Waals surface area contributed by atoms with Crippen LogP contribution in [0.25, 0.3) is 0 Å². The van der Waals surface area contributed by atoms with E-state index in [1.165, 1.54) is 0 Å². The standard InChI is InChI=1S/C14H10N2O2/c15-8-14-12(4-2-6-16-14)10-18-13-5-1-3-11(7-13)9-17/h1-7,9H,10H2. The fourth-order valence-corrected chi connectivity index (χ4v) is 1.49. The van der Waals surface area contributed by atoms with Gasteiger partial charge in [0.15, 0.2) is 0 Å². The fourth-order valence-electron chi connectivity index (χ4n) is 1.49. The van der Waals surface area contributed by atoms with E-state index in [4.69, 9.17) is 10.00 Å². The molecular weight excluding hydrogens is 228 g/mol. The van der Waals surface area contributed by atoms with E-state index in [2.05, 4.69) is 4.98 Å². The van der Waals surface area contributed by atoms with Crippen molar-refractivity contribution in [2.45, 2.75) is 6.61 Å². The number of pyridine rings is 1. The summed E-state index contributed by atoms with van der Waals surface area (Å²) in [5, 5.41) is 8.88. The van der Waals surface area contributed by atoms with Crippen molar-refractivity contribution in [1.29, 1.82) is 5.26 Å². The van der Waals surface area contributed by atoms with Gasteiger partial charge in [-0.3, -0.25) is 4.79 Å². The minimum Gasteiger partial charge on any atom is -0.489 e. The van der Waals surface area contributed by atoms with Gasteiger partial charge in [0.2, 0.25) is 0 Å². The number of carbonyl (C=O) groups excluding carboxylic acids is 1. The lowest BCUT2D eigenvalue weighted by atomic mass is 10.2. The average molecular weight is 238 g/mol. The fraction of sp³-hybridized carbons (Fsp3) is 0.0714. The van der Waals surface area contributed by atoms with Crippen molar-refractivity contribution < 1.29 is 9.53 Å². The Kier molecular flexibility index (Phi) is 3.67. The normalized spacial score (nSPS) is 9.50. The van der Waals surface area contributed by atoms with Crippen LogP contribution >= 0.6 is 0 Å². The van der Waals surface area contributed by atoms with Crippen LogP contribution in [0, 0.1) is 11.3 Å². The van der Waals surface area contributed by atoms with Gasteiger partial charge in [-0.05, 0) is 18.2 Å². The molecule has 4 heteroatoms. The molecule has 0 N–H and O–H groups in total. The monoisotopic (exact) mass is 238 g/mol. The predicted octanol–water partition coefficient (Wildman–Crippen LogP) is 2.34. The van der Waals surface area contributed by atoms with Crippen molar-refractivity contribution in [3.63, 3.8) is 0 Å². The van der Waals surface area contributed by atoms with Crippen LogP contribution < -0.4 is 4.74 Å². The van der Waals surface area contributed by atoms with Crippen LogP contribution in [-0.4, -0.2) is 11.3 Å². The number of ether oxygens (including phenoxy) is 1. The average Bonchev–Trinajstić information content (AvgIpc) is 2.45. The van der Waals surface area contributed by atoms with E-state index in [1.807, 2.05) is 6.07 Å². The van der Waals surface area contributed by atoms with E-state index >= 15 is 0 Å². The summed E-state index contributed by atoms with van der Waals surface area (Å²) < 4.78 is 5.53. The lowest BCUT2D eigenvalue weighted by Crippen LogP contribution is -2.00. The molecule has 0 saturated heterocycles. The summed E-state index contributed by atoms with van der Waals surface area (Å²) in [5.74, 6) is 0.590. The van der Waals surface area contributed by atoms with Crippen LogP contribution in [0.15, 0.2) is 42.6 Å². The molecule has 1 aromatic carbocycles. The number of hydrogen-bond donors (Lipinski definition) is 0. The highest BCUT2D eigenvalue weighted by Crippen LogP contribution is 2.15. The molecule has 18 heavy (non-hydrogen) atoms. The zero-order valence-electron chi connectivity index (χ0n) is 9.54. The van der Waals surface area contributed by atoms with Crippen molar-refractivity contribution in [1.82, 2.24) is 4.98 Å². The molecule has 0 aliphatic heterocycles. The molecule has 0 saturated carbocycles. The Morgan fingerprint density at radius 1 is 1.33 bits per heavy atom. The van der Waals surface area contributed by atoms with E-state index in [9.17, 15) is 4.79 Å². The third-order valence-corrected chi connectivity index (χ3v) is 2.39. The van der Waals surface area contributed by atoms with Crippen molar-refractivity contribution in [3.8, 4) is 11.8 Å². The maximum atomic E-state index is 10.6. The Morgan fingerprint density at radius 3 is 3.00 bits per heavy atom. The van der Waals surface area contributed by atoms with Crippen molar-refractivity contribution in [2.75, 3.05) is 0 Å². The minimum atomic E-state index is 0.249. The molecule has 4 nitrogen and oxygen atoms in total. The maximum absolute atomic E-state index is 10.6. The summed E-state index contributed by atoms with van der Waals surface area (Å²) in [6.07, 6.45) is 2.33. The second-order valence-electron chi connectivity index (χ2n) is 3.60. The molecule has 2 rings (SSSR count). The zero-order valence-corrected chi connectivity index (χ0v) is 9.54. The van der Waals surface area contributed by atoms with Crippen LogP contribution in [0.4, 0.5) is 0 Å². The van der Waals surface area contributed by atoms with Crippen molar-refractivity contribution >= 4 is 6.29 Å². The number of aromatic nitrogens is 1. The highest BCUT2D eigenvalue weighted by Gasteiger charge is 2.03. The first kappa shape index (κ1) is 11.8. The van der Waals surface area contributed by atoms with E-state index < -0.39 is 0 Å². The Bertz CT molecular complexity index is 603. The van der Waals surface area contributed by atoms with Crippen LogP contribution in [0.5, 0.6) is 5.75 Å². The molecule has 0 bridgehead atoms. The van der Waals surface area contributed by atoms with E-state index in [0.717, 1.165) is 11.8 Å². The summed E-state index contributed by atoms with van der Waals surface area (Å²) in [5.41, 5.74) is 1.62. The minimum absolute atomic E-state index is 0.249. The van der Waals surface area contributed by atoms with Gasteiger partial charge >= 0.3 is 0 Å². The van der Waals surface area contributed by atoms with Gasteiger partial charge < -0.3 is 4.74 Å². The Balaban J connectivity index is 2.11. The molecule has 1 heterocycles. The van der Waals surface area contributed by atoms with Crippen LogP contribution in [-0.2, 0) is 6.61 Å². The summed E-state index contributed by atoms with van der Waals surface area (Å²) >= 11 is 0. The molecule has 0 spiro atoms. The molecule has 0 atom stereocenters. The Morgan fingerprint density at radius 2 is 2.22 bits per heavy atom. The third kappa shape index (κ3) is 2.71. The molecule has 0 aliphatic carbocycles. The predicted molar refractivity (Wildman–Crippen MR) is 65.1 cm³/mol. The number of carbonyl (C=O) groups is 1. The van der Waals surface area contributed by atoms with Gasteiger partial charge in [-0.25, -0.2) is 4.98 Å². The number of benzene rings is 1. The number of nitrogens with zero attached hydrogens (tertiary/aromatic N) is 2. The molecule has 0 unspecified atom stereocenters. The molecule has 2 aromatic rings. The first-order chi connectivity index (χ1) is 8.83. The van der Waals surface area contributed by atoms with E-state index in [0.29, 0.717) is 17.0 Å². The highest BCUT2D eigenvalue weighted by atomic mass is 16.5. The maximum Gasteiger partial charge on any atom is 0.150 e. The largest absolute Gasteiger partial charge is 0.489 e. The Hall–Kier alpha value is -2.67. The lowest BCUT2D eigenvalue weighted by molar-refractivity contribution is 0.112. The van der Waals surface area contributed by atoms with Gasteiger partial charge in [0, 0.05) is 17.3 Å². The summed E-state index contributed by atoms with van der Waals surface area (Å²) in [4.78, 5) is 14.6. The third-order valence-electron chi connectivity index (χ3n) is 2.39. The topological polar surface area (TPSA) is 63.0 Å². The summed E-state index contributed by atoms with van der Waals surface area (Å²) in [7, 11) is 0. The molecule has 0 fully saturated rings. The lowest BCUT2D eigenvalue weighted by Gasteiger charge is -2.07. The van der Waals surface area contributed by atoms with Crippen molar-refractivity contribution in [2.24, 2.45) is 0 Å². The second-order valence-corrected chi connectivity index (χ2v) is 3.60. The quantitative estimate of drug-likeness (QED) is 0.767. The first-order valence-corrected chi connectivity index (χ1v) is 5.35. The molecule has 0 radical (unpaired) electrons. The molecule has 0 amide bonds. The van der Waals surface area contributed by atoms with Gasteiger partial charge in [0.25, 0.3) is 0 Å². The van der Waals surface area contributed by atoms with E-state index in [-0.39, 0.29) is 6.61 Å². The number of nitriles is 1. The number of rotatable bonds is 4. The smallest absolute Gasteiger partial charge is 0.150 e. The van der Waals surface area contributed by atoms with Crippen LogP contribution in [0.2, 0.25) is 0 Å². The van der Waals surface area contributed by atoms with Crippen molar-refractivity contribution in [3.05, 3.63) is 59.4 Å². The van der Waals surface area contributed by atoms with Gasteiger partial charge in [-0.2, -0.15) is 5.26 Å². The summed E-state index contributed by atoms with van der Waals surface area (Å²) in [6.45, 7) is 0.249. The van der Waals surface area contributed by atoms with Gasteiger partial charge in [-0.15, -0.1) is 0 Å². The molecule has 1 aromatic heterocycles. The molecule has 88 valence electrons. The number of hydrogen-bond acceptors (Lipinski definition) is 4. The summed E-state index contributed by atoms with van der Waals surface area (Å²) in [6, 6.07) is 12.4.